The van der Waals surface area contributed by atoms with Crippen molar-refractivity contribution in [3.05, 3.63) is 11.0 Å². The van der Waals surface area contributed by atoms with Crippen molar-refractivity contribution in [3.8, 4) is 0 Å². The van der Waals surface area contributed by atoms with E-state index in [0.29, 0.717) is 0 Å². The van der Waals surface area contributed by atoms with Gasteiger partial charge in [-0.2, -0.15) is 0 Å². The van der Waals surface area contributed by atoms with E-state index in [2.05, 4.69) is 0 Å². The molecule has 0 bridgehead atoms. The molecule has 1 aliphatic heterocycles. The number of hydrogen-bond donors (Lipinski definition) is 2. The standard InChI is InChI=1S/C5H4O4S3/c6-4(7)2-1-12(10)11-3(2)5(8)9/h1,3H,(H,6,7)(H,8,9). The highest BCUT2D eigenvalue weighted by Gasteiger charge is 2.33. The summed E-state index contributed by atoms with van der Waals surface area (Å²) in [6.45, 7) is 0. The minimum atomic E-state index is -1.20. The SMILES string of the molecule is O=C(O)C1=CS(=S)SC1C(=O)O. The normalized spacial score (nSPS) is 28.2. The third-order valence-electron chi connectivity index (χ3n) is 1.17. The maximum Gasteiger partial charge on any atom is 0.333 e. The van der Waals surface area contributed by atoms with Crippen LogP contribution in [0.15, 0.2) is 11.0 Å². The molecule has 2 atom stereocenters. The van der Waals surface area contributed by atoms with Gasteiger partial charge < -0.3 is 10.2 Å². The fourth-order valence-electron chi connectivity index (χ4n) is 0.677. The van der Waals surface area contributed by atoms with Crippen molar-refractivity contribution in [2.24, 2.45) is 0 Å². The molecule has 1 aliphatic rings. The largest absolute Gasteiger partial charge is 0.480 e. The van der Waals surface area contributed by atoms with E-state index in [9.17, 15) is 9.59 Å². The Morgan fingerprint density at radius 2 is 2.17 bits per heavy atom. The maximum absolute atomic E-state index is 10.5. The molecule has 2 N–H and O–H groups in total. The molecule has 1 rings (SSSR count). The van der Waals surface area contributed by atoms with E-state index < -0.39 is 25.7 Å². The first-order valence-corrected chi connectivity index (χ1v) is 6.39. The zero-order chi connectivity index (χ0) is 9.30. The van der Waals surface area contributed by atoms with Gasteiger partial charge in [0.2, 0.25) is 0 Å². The number of aliphatic carboxylic acids is 2. The van der Waals surface area contributed by atoms with Crippen LogP contribution in [0.3, 0.4) is 0 Å². The second-order valence-electron chi connectivity index (χ2n) is 1.95. The molecule has 0 saturated carbocycles. The fourth-order valence-corrected chi connectivity index (χ4v) is 4.43. The van der Waals surface area contributed by atoms with Gasteiger partial charge in [0.1, 0.15) is 5.25 Å². The summed E-state index contributed by atoms with van der Waals surface area (Å²) in [5, 5.41) is 17.5. The van der Waals surface area contributed by atoms with Crippen molar-refractivity contribution >= 4 is 42.4 Å². The molecule has 0 aliphatic carbocycles. The van der Waals surface area contributed by atoms with Crippen LogP contribution in [-0.2, 0) is 29.3 Å². The molecule has 1 heterocycles. The zero-order valence-corrected chi connectivity index (χ0v) is 8.04. The number of rotatable bonds is 2. The molecule has 0 saturated heterocycles. The fraction of sp³-hybridized carbons (Fsp3) is 0.200. The van der Waals surface area contributed by atoms with Gasteiger partial charge in [0.05, 0.1) is 5.57 Å². The summed E-state index contributed by atoms with van der Waals surface area (Å²) >= 11 is 4.78. The van der Waals surface area contributed by atoms with Crippen LogP contribution in [-0.4, -0.2) is 27.4 Å². The average Bonchev–Trinajstić information content (AvgIpc) is 2.31. The Morgan fingerprint density at radius 3 is 2.50 bits per heavy atom. The van der Waals surface area contributed by atoms with Crippen LogP contribution < -0.4 is 0 Å². The quantitative estimate of drug-likeness (QED) is 0.650. The van der Waals surface area contributed by atoms with E-state index in [1.807, 2.05) is 0 Å². The van der Waals surface area contributed by atoms with E-state index in [-0.39, 0.29) is 5.57 Å². The van der Waals surface area contributed by atoms with Gasteiger partial charge in [-0.25, -0.2) is 4.79 Å². The maximum atomic E-state index is 10.5. The number of carbonyl (C=O) groups is 2. The second kappa shape index (κ2) is 3.55. The summed E-state index contributed by atoms with van der Waals surface area (Å²) < 4.78 is 0. The third kappa shape index (κ3) is 1.85. The summed E-state index contributed by atoms with van der Waals surface area (Å²) in [5.41, 5.74) is -0.106. The molecule has 0 aromatic carbocycles. The minimum absolute atomic E-state index is 0.106. The van der Waals surface area contributed by atoms with Crippen LogP contribution in [0, 0.1) is 0 Å². The Hall–Kier alpha value is -0.400. The van der Waals surface area contributed by atoms with Gasteiger partial charge >= 0.3 is 11.9 Å². The molecule has 4 nitrogen and oxygen atoms in total. The van der Waals surface area contributed by atoms with Crippen LogP contribution in [0.1, 0.15) is 0 Å². The number of hydrogen-bond acceptors (Lipinski definition) is 4. The second-order valence-corrected chi connectivity index (χ2v) is 6.74. The Kier molecular flexibility index (Phi) is 2.86. The van der Waals surface area contributed by atoms with Crippen LogP contribution in [0.4, 0.5) is 0 Å². The molecule has 7 heteroatoms. The van der Waals surface area contributed by atoms with Gasteiger partial charge in [0.15, 0.2) is 0 Å². The lowest BCUT2D eigenvalue weighted by molar-refractivity contribution is -0.139. The summed E-state index contributed by atoms with van der Waals surface area (Å²) in [6.07, 6.45) is 0. The Morgan fingerprint density at radius 1 is 1.58 bits per heavy atom. The molecule has 0 aromatic heterocycles. The monoisotopic (exact) mass is 224 g/mol. The van der Waals surface area contributed by atoms with E-state index in [1.165, 1.54) is 5.41 Å². The Bertz CT molecular complexity index is 295. The molecule has 12 heavy (non-hydrogen) atoms. The predicted molar refractivity (Wildman–Crippen MR) is 49.5 cm³/mol. The van der Waals surface area contributed by atoms with Gasteiger partial charge in [-0.05, 0) is 25.1 Å². The lowest BCUT2D eigenvalue weighted by atomic mass is 10.2. The van der Waals surface area contributed by atoms with Gasteiger partial charge in [-0.3, -0.25) is 4.79 Å². The van der Waals surface area contributed by atoms with Crippen LogP contribution in [0.25, 0.3) is 0 Å². The van der Waals surface area contributed by atoms with Crippen LogP contribution >= 0.6 is 10.8 Å². The molecule has 66 valence electrons. The summed E-state index contributed by atoms with van der Waals surface area (Å²) in [7, 11) is 0.282. The van der Waals surface area contributed by atoms with Crippen LogP contribution in [0.2, 0.25) is 0 Å². The molecule has 0 spiro atoms. The smallest absolute Gasteiger partial charge is 0.333 e. The molecular formula is C5H4O4S3. The van der Waals surface area contributed by atoms with Crippen molar-refractivity contribution in [3.63, 3.8) is 0 Å². The number of carboxylic acids is 2. The third-order valence-corrected chi connectivity index (χ3v) is 4.88. The van der Waals surface area contributed by atoms with Gasteiger partial charge in [0.25, 0.3) is 0 Å². The van der Waals surface area contributed by atoms with E-state index in [1.54, 1.807) is 0 Å². The predicted octanol–water partition coefficient (Wildman–Crippen LogP) is 0.150. The first-order valence-electron chi connectivity index (χ1n) is 2.78. The van der Waals surface area contributed by atoms with Crippen molar-refractivity contribution in [1.29, 1.82) is 0 Å². The van der Waals surface area contributed by atoms with Gasteiger partial charge in [-0.1, -0.05) is 10.8 Å². The molecule has 0 amide bonds. The molecule has 0 aromatic rings. The highest BCUT2D eigenvalue weighted by molar-refractivity contribution is 8.84. The first kappa shape index (κ1) is 9.69. The Balaban J connectivity index is 2.94. The highest BCUT2D eigenvalue weighted by Crippen LogP contribution is 2.32. The van der Waals surface area contributed by atoms with Crippen molar-refractivity contribution in [2.75, 3.05) is 0 Å². The Labute approximate surface area is 78.6 Å². The lowest BCUT2D eigenvalue weighted by Gasteiger charge is -2.02. The van der Waals surface area contributed by atoms with Crippen molar-refractivity contribution in [2.45, 2.75) is 5.25 Å². The van der Waals surface area contributed by atoms with E-state index in [0.717, 1.165) is 10.8 Å². The molecular weight excluding hydrogens is 220 g/mol. The van der Waals surface area contributed by atoms with Crippen molar-refractivity contribution < 1.29 is 19.8 Å². The van der Waals surface area contributed by atoms with E-state index >= 15 is 0 Å². The average molecular weight is 224 g/mol. The number of carboxylic acid groups (broad SMARTS) is 2. The zero-order valence-electron chi connectivity index (χ0n) is 5.59. The van der Waals surface area contributed by atoms with Gasteiger partial charge in [-0.15, -0.1) is 0 Å². The minimum Gasteiger partial charge on any atom is -0.480 e. The topological polar surface area (TPSA) is 74.6 Å². The molecule has 0 fully saturated rings. The van der Waals surface area contributed by atoms with E-state index in [4.69, 9.17) is 21.4 Å². The molecule has 2 unspecified atom stereocenters. The van der Waals surface area contributed by atoms with Gasteiger partial charge in [0, 0.05) is 0 Å². The summed E-state index contributed by atoms with van der Waals surface area (Å²) in [4.78, 5) is 21.0. The van der Waals surface area contributed by atoms with Crippen LogP contribution in [0.5, 0.6) is 0 Å². The first-order chi connectivity index (χ1) is 5.52. The highest BCUT2D eigenvalue weighted by atomic mass is 33.3. The molecule has 0 radical (unpaired) electrons. The summed E-state index contributed by atoms with van der Waals surface area (Å²) in [6, 6.07) is 0. The lowest BCUT2D eigenvalue weighted by Crippen LogP contribution is -2.20. The summed E-state index contributed by atoms with van der Waals surface area (Å²) in [5.74, 6) is -2.34. The van der Waals surface area contributed by atoms with Crippen molar-refractivity contribution in [1.82, 2.24) is 0 Å².